The van der Waals surface area contributed by atoms with Crippen molar-refractivity contribution in [3.05, 3.63) is 60.2 Å². The van der Waals surface area contributed by atoms with Crippen LogP contribution in [0, 0.1) is 13.8 Å². The highest BCUT2D eigenvalue weighted by Crippen LogP contribution is 2.38. The molecule has 0 aromatic heterocycles. The third kappa shape index (κ3) is 3.37. The normalized spacial score (nSPS) is 11.2. The lowest BCUT2D eigenvalue weighted by atomic mass is 9.98. The molecule has 0 aliphatic carbocycles. The monoisotopic (exact) mass is 318 g/mol. The van der Waals surface area contributed by atoms with E-state index < -0.39 is 10.1 Å². The van der Waals surface area contributed by atoms with E-state index in [4.69, 9.17) is 4.74 Å². The van der Waals surface area contributed by atoms with E-state index in [0.717, 1.165) is 16.7 Å². The zero-order valence-electron chi connectivity index (χ0n) is 12.5. The van der Waals surface area contributed by atoms with Crippen molar-refractivity contribution in [1.82, 2.24) is 0 Å². The number of ether oxygens (including phenoxy) is 1. The van der Waals surface area contributed by atoms with E-state index in [9.17, 15) is 13.0 Å². The average Bonchev–Trinajstić information content (AvgIpc) is 2.43. The second-order valence-corrected chi connectivity index (χ2v) is 6.42. The molecule has 22 heavy (non-hydrogen) atoms. The van der Waals surface area contributed by atoms with Crippen LogP contribution in [0.25, 0.3) is 11.1 Å². The van der Waals surface area contributed by atoms with Gasteiger partial charge in [0.05, 0.1) is 0 Å². The molecule has 0 radical (unpaired) electrons. The van der Waals surface area contributed by atoms with Gasteiger partial charge in [-0.2, -0.15) is 8.42 Å². The Morgan fingerprint density at radius 1 is 1.23 bits per heavy atom. The molecule has 0 saturated carbocycles. The summed E-state index contributed by atoms with van der Waals surface area (Å²) in [4.78, 5) is -0.239. The minimum absolute atomic E-state index is 0.144. The maximum Gasteiger partial charge on any atom is 0.298 e. The van der Waals surface area contributed by atoms with Crippen molar-refractivity contribution in [2.45, 2.75) is 18.7 Å². The Kier molecular flexibility index (Phi) is 4.68. The van der Waals surface area contributed by atoms with Crippen molar-refractivity contribution < 1.29 is 17.7 Å². The molecule has 5 heteroatoms. The van der Waals surface area contributed by atoms with E-state index in [0.29, 0.717) is 5.56 Å². The lowest BCUT2D eigenvalue weighted by Gasteiger charge is -2.16. The van der Waals surface area contributed by atoms with Crippen LogP contribution in [0.4, 0.5) is 0 Å². The summed E-state index contributed by atoms with van der Waals surface area (Å²) in [7, 11) is -4.38. The topological polar surface area (TPSA) is 63.6 Å². The second kappa shape index (κ2) is 6.34. The average molecular weight is 318 g/mol. The van der Waals surface area contributed by atoms with Gasteiger partial charge in [0.2, 0.25) is 0 Å². The van der Waals surface area contributed by atoms with Gasteiger partial charge in [-0.25, -0.2) is 0 Å². The smallest absolute Gasteiger partial charge is 0.298 e. The number of benzene rings is 2. The van der Waals surface area contributed by atoms with Crippen LogP contribution in [0.2, 0.25) is 0 Å². The summed E-state index contributed by atoms with van der Waals surface area (Å²) in [5, 5.41) is 0. The number of hydrogen-bond acceptors (Lipinski definition) is 3. The molecule has 0 aliphatic rings. The summed E-state index contributed by atoms with van der Waals surface area (Å²) in [6, 6.07) is 10.7. The minimum atomic E-state index is -4.38. The van der Waals surface area contributed by atoms with Crippen molar-refractivity contribution in [2.75, 3.05) is 6.61 Å². The standard InChI is InChI=1S/C17H18O4S/c1-4-10-21-17-15(22(18,19)20)9-8-13(3)16(17)14-7-5-6-12(2)11-14/h4-9,11H,1,10H2,2-3H3,(H,18,19,20). The van der Waals surface area contributed by atoms with Crippen molar-refractivity contribution >= 4 is 10.1 Å². The lowest BCUT2D eigenvalue weighted by Crippen LogP contribution is -2.06. The summed E-state index contributed by atoms with van der Waals surface area (Å²) in [6.45, 7) is 7.53. The number of rotatable bonds is 5. The van der Waals surface area contributed by atoms with E-state index in [1.165, 1.54) is 12.1 Å². The van der Waals surface area contributed by atoms with Gasteiger partial charge >= 0.3 is 0 Å². The molecule has 0 fully saturated rings. The van der Waals surface area contributed by atoms with Gasteiger partial charge in [0, 0.05) is 5.56 Å². The van der Waals surface area contributed by atoms with Crippen molar-refractivity contribution in [3.63, 3.8) is 0 Å². The SMILES string of the molecule is C=CCOc1c(S(=O)(=O)O)ccc(C)c1-c1cccc(C)c1. The Labute approximate surface area is 130 Å². The summed E-state index contributed by atoms with van der Waals surface area (Å²) < 4.78 is 38.3. The van der Waals surface area contributed by atoms with Gasteiger partial charge in [0.15, 0.2) is 0 Å². The first kappa shape index (κ1) is 16.3. The number of aryl methyl sites for hydroxylation is 2. The summed E-state index contributed by atoms with van der Waals surface area (Å²) >= 11 is 0. The molecule has 0 aliphatic heterocycles. The fraction of sp³-hybridized carbons (Fsp3) is 0.176. The van der Waals surface area contributed by atoms with Gasteiger partial charge in [-0.15, -0.1) is 0 Å². The fourth-order valence-corrected chi connectivity index (χ4v) is 2.95. The van der Waals surface area contributed by atoms with Crippen LogP contribution in [0.1, 0.15) is 11.1 Å². The lowest BCUT2D eigenvalue weighted by molar-refractivity contribution is 0.352. The van der Waals surface area contributed by atoms with Gasteiger partial charge in [-0.3, -0.25) is 4.55 Å². The summed E-state index contributed by atoms with van der Waals surface area (Å²) in [6.07, 6.45) is 1.52. The highest BCUT2D eigenvalue weighted by Gasteiger charge is 2.22. The molecule has 0 amide bonds. The maximum atomic E-state index is 11.6. The Morgan fingerprint density at radius 2 is 1.95 bits per heavy atom. The van der Waals surface area contributed by atoms with E-state index in [1.807, 2.05) is 38.1 Å². The molecule has 116 valence electrons. The summed E-state index contributed by atoms with van der Waals surface area (Å²) in [5.74, 6) is 0.146. The zero-order chi connectivity index (χ0) is 16.3. The van der Waals surface area contributed by atoms with Crippen LogP contribution >= 0.6 is 0 Å². The predicted molar refractivity (Wildman–Crippen MR) is 86.9 cm³/mol. The van der Waals surface area contributed by atoms with Crippen LogP contribution in [-0.4, -0.2) is 19.6 Å². The quantitative estimate of drug-likeness (QED) is 0.673. The van der Waals surface area contributed by atoms with E-state index in [2.05, 4.69) is 6.58 Å². The first-order valence-corrected chi connectivity index (χ1v) is 8.20. The van der Waals surface area contributed by atoms with E-state index >= 15 is 0 Å². The Morgan fingerprint density at radius 3 is 2.55 bits per heavy atom. The first-order chi connectivity index (χ1) is 10.3. The molecule has 4 nitrogen and oxygen atoms in total. The molecule has 0 spiro atoms. The largest absolute Gasteiger partial charge is 0.487 e. The van der Waals surface area contributed by atoms with Crippen LogP contribution in [0.3, 0.4) is 0 Å². The minimum Gasteiger partial charge on any atom is -0.487 e. The fourth-order valence-electron chi connectivity index (χ4n) is 2.31. The third-order valence-electron chi connectivity index (χ3n) is 3.26. The molecule has 0 bridgehead atoms. The van der Waals surface area contributed by atoms with E-state index in [1.54, 1.807) is 6.07 Å². The summed E-state index contributed by atoms with van der Waals surface area (Å²) in [5.41, 5.74) is 3.39. The molecular formula is C17H18O4S. The van der Waals surface area contributed by atoms with Gasteiger partial charge in [-0.05, 0) is 31.0 Å². The molecule has 0 unspecified atom stereocenters. The Bertz CT molecular complexity index is 807. The van der Waals surface area contributed by atoms with Crippen molar-refractivity contribution in [1.29, 1.82) is 0 Å². The number of hydrogen-bond donors (Lipinski definition) is 1. The highest BCUT2D eigenvalue weighted by atomic mass is 32.2. The molecule has 2 aromatic rings. The second-order valence-electron chi connectivity index (χ2n) is 5.03. The van der Waals surface area contributed by atoms with Gasteiger partial charge in [-0.1, -0.05) is 48.6 Å². The highest BCUT2D eigenvalue weighted by molar-refractivity contribution is 7.86. The maximum absolute atomic E-state index is 11.6. The predicted octanol–water partition coefficient (Wildman–Crippen LogP) is 3.78. The molecule has 0 heterocycles. The molecule has 0 atom stereocenters. The molecular weight excluding hydrogens is 300 g/mol. The van der Waals surface area contributed by atoms with E-state index in [-0.39, 0.29) is 17.3 Å². The van der Waals surface area contributed by atoms with Crippen molar-refractivity contribution in [3.8, 4) is 16.9 Å². The molecule has 2 aromatic carbocycles. The van der Waals surface area contributed by atoms with Gasteiger partial charge in [0.1, 0.15) is 17.3 Å². The van der Waals surface area contributed by atoms with Gasteiger partial charge < -0.3 is 4.74 Å². The van der Waals surface area contributed by atoms with Gasteiger partial charge in [0.25, 0.3) is 10.1 Å². The molecule has 2 rings (SSSR count). The molecule has 0 saturated heterocycles. The molecule has 1 N–H and O–H groups in total. The van der Waals surface area contributed by atoms with Crippen molar-refractivity contribution in [2.24, 2.45) is 0 Å². The van der Waals surface area contributed by atoms with Crippen LogP contribution in [0.15, 0.2) is 53.9 Å². The first-order valence-electron chi connectivity index (χ1n) is 6.76. The van der Waals surface area contributed by atoms with Crippen LogP contribution in [0.5, 0.6) is 5.75 Å². The zero-order valence-corrected chi connectivity index (χ0v) is 13.4. The van der Waals surface area contributed by atoms with Crippen LogP contribution in [-0.2, 0) is 10.1 Å². The Balaban J connectivity index is 2.78. The van der Waals surface area contributed by atoms with Crippen LogP contribution < -0.4 is 4.74 Å². The Hall–Kier alpha value is -2.11. The third-order valence-corrected chi connectivity index (χ3v) is 4.14.